The second kappa shape index (κ2) is 12.0. The predicted octanol–water partition coefficient (Wildman–Crippen LogP) is 13.4. The third-order valence-electron chi connectivity index (χ3n) is 11.4. The Bertz CT molecular complexity index is 3530. The Morgan fingerprint density at radius 2 is 0.786 bits per heavy atom. The molecular weight excluding hydrogens is 681 g/mol. The molecule has 12 rings (SSSR count). The van der Waals surface area contributed by atoms with Crippen LogP contribution in [-0.4, -0.2) is 19.9 Å². The van der Waals surface area contributed by atoms with Crippen molar-refractivity contribution in [3.05, 3.63) is 182 Å². The molecule has 4 heteroatoms. The Hall–Kier alpha value is -7.56. The average Bonchev–Trinajstić information content (AvgIpc) is 3.27. The van der Waals surface area contributed by atoms with E-state index in [2.05, 4.69) is 127 Å². The van der Waals surface area contributed by atoms with E-state index in [4.69, 9.17) is 19.9 Å². The Kier molecular flexibility index (Phi) is 6.60. The molecule has 56 heavy (non-hydrogen) atoms. The van der Waals surface area contributed by atoms with Crippen molar-refractivity contribution in [2.75, 3.05) is 0 Å². The van der Waals surface area contributed by atoms with Gasteiger partial charge in [-0.15, -0.1) is 0 Å². The fraction of sp³-hybridized carbons (Fsp3) is 0. The van der Waals surface area contributed by atoms with Gasteiger partial charge in [0.05, 0.1) is 5.52 Å². The number of benzene rings is 9. The summed E-state index contributed by atoms with van der Waals surface area (Å²) in [6.45, 7) is 0. The first-order valence-corrected chi connectivity index (χ1v) is 19.0. The van der Waals surface area contributed by atoms with Gasteiger partial charge in [-0.25, -0.2) is 15.0 Å². The number of hydrogen-bond acceptors (Lipinski definition) is 4. The molecule has 0 aliphatic carbocycles. The summed E-state index contributed by atoms with van der Waals surface area (Å²) < 4.78 is 0. The highest BCUT2D eigenvalue weighted by Gasteiger charge is 2.19. The number of aromatic nitrogens is 4. The van der Waals surface area contributed by atoms with E-state index in [0.717, 1.165) is 38.7 Å². The lowest BCUT2D eigenvalue weighted by Crippen LogP contribution is -2.01. The van der Waals surface area contributed by atoms with E-state index in [1.807, 2.05) is 54.7 Å². The normalized spacial score (nSPS) is 11.9. The minimum atomic E-state index is 0.584. The molecule has 0 bridgehead atoms. The monoisotopic (exact) mass is 710 g/mol. The third kappa shape index (κ3) is 4.66. The standard InChI is InChI=1S/C52H30N4/c1-2-11-34(12-3-1)50-54-51(38-27-35-13-4-7-22-45(35)53-30-38)56-52(55-50)43-18-6-5-17-39(43)37-28-36-26-25-33-15-9-20-41-40-19-8-14-31-23-24-32-16-10-21-42(48(32)46(31)40)44(29-37)49(36)47(33)41/h1-30H. The first kappa shape index (κ1) is 30.9. The minimum absolute atomic E-state index is 0.584. The molecule has 0 spiro atoms. The maximum absolute atomic E-state index is 5.20. The van der Waals surface area contributed by atoms with Crippen LogP contribution in [0.25, 0.3) is 121 Å². The Morgan fingerprint density at radius 1 is 0.286 bits per heavy atom. The van der Waals surface area contributed by atoms with E-state index in [1.165, 1.54) is 64.6 Å². The maximum Gasteiger partial charge on any atom is 0.165 e. The predicted molar refractivity (Wildman–Crippen MR) is 233 cm³/mol. The maximum atomic E-state index is 5.20. The molecule has 0 radical (unpaired) electrons. The molecule has 258 valence electrons. The van der Waals surface area contributed by atoms with Crippen LogP contribution in [0.4, 0.5) is 0 Å². The van der Waals surface area contributed by atoms with Crippen LogP contribution < -0.4 is 0 Å². The molecule has 0 N–H and O–H groups in total. The Morgan fingerprint density at radius 3 is 1.48 bits per heavy atom. The Labute approximate surface area is 321 Å². The summed E-state index contributed by atoms with van der Waals surface area (Å²) in [6, 6.07) is 62.9. The van der Waals surface area contributed by atoms with Gasteiger partial charge in [0.15, 0.2) is 17.5 Å². The lowest BCUT2D eigenvalue weighted by Gasteiger charge is -2.18. The molecule has 0 atom stereocenters. The SMILES string of the molecule is c1ccc(-c2nc(-c3cnc4ccccc4c3)nc(-c3ccccc3-c3cc4ccc5cccc6c7cccc8ccc9cccc(c(c3)c4c56)c9c87)n2)cc1. The van der Waals surface area contributed by atoms with Crippen molar-refractivity contribution >= 4 is 75.5 Å². The summed E-state index contributed by atoms with van der Waals surface area (Å²) >= 11 is 0. The summed E-state index contributed by atoms with van der Waals surface area (Å²) in [5.74, 6) is 1.81. The van der Waals surface area contributed by atoms with Gasteiger partial charge in [-0.1, -0.05) is 152 Å². The molecule has 0 saturated carbocycles. The molecule has 10 aromatic carbocycles. The molecule has 2 aromatic heterocycles. The molecule has 0 amide bonds. The fourth-order valence-corrected chi connectivity index (χ4v) is 8.90. The molecule has 0 aliphatic heterocycles. The van der Waals surface area contributed by atoms with Crippen molar-refractivity contribution in [2.45, 2.75) is 0 Å². The zero-order valence-corrected chi connectivity index (χ0v) is 30.1. The number of rotatable bonds is 4. The van der Waals surface area contributed by atoms with Crippen molar-refractivity contribution in [1.82, 2.24) is 19.9 Å². The van der Waals surface area contributed by atoms with Crippen molar-refractivity contribution < 1.29 is 0 Å². The molecule has 0 fully saturated rings. The summed E-state index contributed by atoms with van der Waals surface area (Å²) in [5.41, 5.74) is 5.80. The van der Waals surface area contributed by atoms with Gasteiger partial charge in [0, 0.05) is 28.3 Å². The highest BCUT2D eigenvalue weighted by molar-refractivity contribution is 6.37. The summed E-state index contributed by atoms with van der Waals surface area (Å²) in [4.78, 5) is 20.2. The van der Waals surface area contributed by atoms with Gasteiger partial charge in [-0.2, -0.15) is 0 Å². The van der Waals surface area contributed by atoms with Crippen LogP contribution in [0, 0.1) is 0 Å². The van der Waals surface area contributed by atoms with E-state index < -0.39 is 0 Å². The van der Waals surface area contributed by atoms with Gasteiger partial charge in [-0.05, 0) is 100 Å². The van der Waals surface area contributed by atoms with Gasteiger partial charge >= 0.3 is 0 Å². The van der Waals surface area contributed by atoms with Crippen LogP contribution in [0.15, 0.2) is 182 Å². The lowest BCUT2D eigenvalue weighted by atomic mass is 9.86. The van der Waals surface area contributed by atoms with Crippen LogP contribution in [0.2, 0.25) is 0 Å². The van der Waals surface area contributed by atoms with E-state index in [-0.39, 0.29) is 0 Å². The number of pyridine rings is 1. The fourth-order valence-electron chi connectivity index (χ4n) is 8.90. The molecular formula is C52H30N4. The van der Waals surface area contributed by atoms with Crippen LogP contribution in [-0.2, 0) is 0 Å². The minimum Gasteiger partial charge on any atom is -0.255 e. The van der Waals surface area contributed by atoms with Crippen LogP contribution in [0.3, 0.4) is 0 Å². The summed E-state index contributed by atoms with van der Waals surface area (Å²) in [7, 11) is 0. The zero-order chi connectivity index (χ0) is 36.7. The largest absolute Gasteiger partial charge is 0.255 e. The van der Waals surface area contributed by atoms with Gasteiger partial charge in [0.2, 0.25) is 0 Å². The van der Waals surface area contributed by atoms with Crippen molar-refractivity contribution in [3.8, 4) is 45.3 Å². The van der Waals surface area contributed by atoms with E-state index in [1.54, 1.807) is 0 Å². The van der Waals surface area contributed by atoms with Crippen LogP contribution >= 0.6 is 0 Å². The first-order valence-electron chi connectivity index (χ1n) is 19.0. The van der Waals surface area contributed by atoms with Crippen molar-refractivity contribution in [3.63, 3.8) is 0 Å². The molecule has 4 nitrogen and oxygen atoms in total. The number of nitrogens with zero attached hydrogens (tertiary/aromatic N) is 4. The quantitative estimate of drug-likeness (QED) is 0.171. The highest BCUT2D eigenvalue weighted by Crippen LogP contribution is 2.45. The van der Waals surface area contributed by atoms with Gasteiger partial charge in [0.1, 0.15) is 0 Å². The Balaban J connectivity index is 1.16. The van der Waals surface area contributed by atoms with Gasteiger partial charge < -0.3 is 0 Å². The molecule has 2 heterocycles. The third-order valence-corrected chi connectivity index (χ3v) is 11.4. The van der Waals surface area contributed by atoms with Crippen LogP contribution in [0.5, 0.6) is 0 Å². The van der Waals surface area contributed by atoms with Gasteiger partial charge in [-0.3, -0.25) is 4.98 Å². The van der Waals surface area contributed by atoms with E-state index >= 15 is 0 Å². The first-order chi connectivity index (χ1) is 27.7. The van der Waals surface area contributed by atoms with Gasteiger partial charge in [0.25, 0.3) is 0 Å². The number of fused-ring (bicyclic) bond motifs is 3. The topological polar surface area (TPSA) is 51.6 Å². The number of hydrogen-bond donors (Lipinski definition) is 0. The molecule has 12 aromatic rings. The lowest BCUT2D eigenvalue weighted by molar-refractivity contribution is 1.07. The smallest absolute Gasteiger partial charge is 0.165 e. The molecule has 0 saturated heterocycles. The van der Waals surface area contributed by atoms with Crippen molar-refractivity contribution in [2.24, 2.45) is 0 Å². The summed E-state index contributed by atoms with van der Waals surface area (Å²) in [6.07, 6.45) is 1.86. The highest BCUT2D eigenvalue weighted by atomic mass is 15.0. The van der Waals surface area contributed by atoms with E-state index in [0.29, 0.717) is 17.5 Å². The average molecular weight is 711 g/mol. The summed E-state index contributed by atoms with van der Waals surface area (Å²) in [5, 5.41) is 16.1. The van der Waals surface area contributed by atoms with Crippen LogP contribution in [0.1, 0.15) is 0 Å². The molecule has 0 aliphatic rings. The second-order valence-corrected chi connectivity index (χ2v) is 14.6. The zero-order valence-electron chi connectivity index (χ0n) is 30.1. The second-order valence-electron chi connectivity index (χ2n) is 14.6. The van der Waals surface area contributed by atoms with Crippen molar-refractivity contribution in [1.29, 1.82) is 0 Å². The number of para-hydroxylation sites is 1. The van der Waals surface area contributed by atoms with E-state index in [9.17, 15) is 0 Å². The molecule has 0 unspecified atom stereocenters.